The third-order valence-corrected chi connectivity index (χ3v) is 5.24. The van der Waals surface area contributed by atoms with Crippen LogP contribution < -0.4 is 10.1 Å². The van der Waals surface area contributed by atoms with Crippen molar-refractivity contribution in [3.63, 3.8) is 0 Å². The number of ether oxygens (including phenoxy) is 1. The minimum Gasteiger partial charge on any atom is -0.497 e. The Kier molecular flexibility index (Phi) is 5.79. The van der Waals surface area contributed by atoms with Crippen LogP contribution in [-0.2, 0) is 9.59 Å². The fourth-order valence-corrected chi connectivity index (χ4v) is 3.58. The third kappa shape index (κ3) is 4.30. The Morgan fingerprint density at radius 3 is 2.74 bits per heavy atom. The van der Waals surface area contributed by atoms with E-state index in [9.17, 15) is 9.59 Å². The highest BCUT2D eigenvalue weighted by atomic mass is 16.5. The molecular formula is C22H26N2O3. The molecule has 142 valence electrons. The van der Waals surface area contributed by atoms with Crippen molar-refractivity contribution in [2.24, 2.45) is 0 Å². The second kappa shape index (κ2) is 8.25. The van der Waals surface area contributed by atoms with Gasteiger partial charge in [-0.15, -0.1) is 0 Å². The minimum atomic E-state index is -0.273. The van der Waals surface area contributed by atoms with Crippen LogP contribution in [0, 0.1) is 13.8 Å². The van der Waals surface area contributed by atoms with Crippen molar-refractivity contribution in [2.75, 3.05) is 19.0 Å². The molecule has 5 nitrogen and oxygen atoms in total. The van der Waals surface area contributed by atoms with Crippen molar-refractivity contribution in [3.8, 4) is 5.75 Å². The summed E-state index contributed by atoms with van der Waals surface area (Å²) in [6.45, 7) is 4.64. The molecule has 2 aromatic rings. The van der Waals surface area contributed by atoms with Gasteiger partial charge in [0.2, 0.25) is 11.8 Å². The Hall–Kier alpha value is -2.82. The molecule has 1 fully saturated rings. The van der Waals surface area contributed by atoms with E-state index in [1.807, 2.05) is 61.2 Å². The van der Waals surface area contributed by atoms with Gasteiger partial charge in [-0.05, 0) is 61.6 Å². The predicted octanol–water partition coefficient (Wildman–Crippen LogP) is 4.00. The first-order valence-corrected chi connectivity index (χ1v) is 9.29. The topological polar surface area (TPSA) is 58.6 Å². The first kappa shape index (κ1) is 19.0. The lowest BCUT2D eigenvalue weighted by atomic mass is 10.0. The second-order valence-electron chi connectivity index (χ2n) is 6.99. The Bertz CT molecular complexity index is 847. The van der Waals surface area contributed by atoms with Crippen molar-refractivity contribution in [1.82, 2.24) is 4.90 Å². The standard InChI is InChI=1S/C22H26N2O3/c1-15-7-4-10-19(16(15)2)23-21(25)14-22(26)24-12-6-11-20(24)17-8-5-9-18(13-17)27-3/h4-5,7-10,13,20H,6,11-12,14H2,1-3H3,(H,23,25). The zero-order chi connectivity index (χ0) is 19.4. The molecule has 0 aliphatic carbocycles. The van der Waals surface area contributed by atoms with Crippen molar-refractivity contribution >= 4 is 17.5 Å². The molecular weight excluding hydrogens is 340 g/mol. The first-order valence-electron chi connectivity index (χ1n) is 9.29. The van der Waals surface area contributed by atoms with Gasteiger partial charge in [0.15, 0.2) is 0 Å². The van der Waals surface area contributed by atoms with Gasteiger partial charge < -0.3 is 15.0 Å². The number of benzene rings is 2. The molecule has 1 aliphatic heterocycles. The molecule has 0 aromatic heterocycles. The molecule has 1 aliphatic rings. The number of methoxy groups -OCH3 is 1. The third-order valence-electron chi connectivity index (χ3n) is 5.24. The minimum absolute atomic E-state index is 0.00102. The van der Waals surface area contributed by atoms with E-state index in [-0.39, 0.29) is 24.3 Å². The van der Waals surface area contributed by atoms with Crippen molar-refractivity contribution < 1.29 is 14.3 Å². The van der Waals surface area contributed by atoms with Gasteiger partial charge in [0.25, 0.3) is 0 Å². The van der Waals surface area contributed by atoms with Crippen LogP contribution in [0.15, 0.2) is 42.5 Å². The number of amides is 2. The van der Waals surface area contributed by atoms with Gasteiger partial charge in [-0.25, -0.2) is 0 Å². The quantitative estimate of drug-likeness (QED) is 0.814. The van der Waals surface area contributed by atoms with Crippen molar-refractivity contribution in [2.45, 2.75) is 39.2 Å². The largest absolute Gasteiger partial charge is 0.497 e. The van der Waals surface area contributed by atoms with E-state index >= 15 is 0 Å². The summed E-state index contributed by atoms with van der Waals surface area (Å²) in [6.07, 6.45) is 1.69. The number of carbonyl (C=O) groups is 2. The van der Waals surface area contributed by atoms with Crippen LogP contribution in [0.4, 0.5) is 5.69 Å². The van der Waals surface area contributed by atoms with Crippen molar-refractivity contribution in [1.29, 1.82) is 0 Å². The molecule has 1 atom stereocenters. The second-order valence-corrected chi connectivity index (χ2v) is 6.99. The number of likely N-dealkylation sites (tertiary alicyclic amines) is 1. The fourth-order valence-electron chi connectivity index (χ4n) is 3.58. The van der Waals surface area contributed by atoms with Crippen LogP contribution in [0.1, 0.15) is 42.0 Å². The van der Waals surface area contributed by atoms with Crippen LogP contribution in [-0.4, -0.2) is 30.4 Å². The Morgan fingerprint density at radius 2 is 1.96 bits per heavy atom. The van der Waals surface area contributed by atoms with Gasteiger partial charge >= 0.3 is 0 Å². The van der Waals surface area contributed by atoms with Gasteiger partial charge in [0, 0.05) is 12.2 Å². The SMILES string of the molecule is COc1cccc(C2CCCN2C(=O)CC(=O)Nc2cccc(C)c2C)c1. The Balaban J connectivity index is 1.67. The maximum Gasteiger partial charge on any atom is 0.233 e. The van der Waals surface area contributed by atoms with Crippen LogP contribution >= 0.6 is 0 Å². The van der Waals surface area contributed by atoms with Crippen molar-refractivity contribution in [3.05, 3.63) is 59.2 Å². The van der Waals surface area contributed by atoms with E-state index in [0.717, 1.165) is 41.0 Å². The Labute approximate surface area is 160 Å². The number of rotatable bonds is 5. The van der Waals surface area contributed by atoms with E-state index in [4.69, 9.17) is 4.74 Å². The van der Waals surface area contributed by atoms with E-state index < -0.39 is 0 Å². The summed E-state index contributed by atoms with van der Waals surface area (Å²) in [5.41, 5.74) is 3.94. The molecule has 2 aromatic carbocycles. The maximum absolute atomic E-state index is 12.8. The summed E-state index contributed by atoms with van der Waals surface area (Å²) in [6, 6.07) is 13.6. The number of hydrogen-bond donors (Lipinski definition) is 1. The molecule has 0 spiro atoms. The average Bonchev–Trinajstić information content (AvgIpc) is 3.15. The van der Waals surface area contributed by atoms with Gasteiger partial charge in [-0.1, -0.05) is 24.3 Å². The molecule has 2 amide bonds. The van der Waals surface area contributed by atoms with Gasteiger partial charge in [-0.3, -0.25) is 9.59 Å². The van der Waals surface area contributed by atoms with Crippen LogP contribution in [0.3, 0.4) is 0 Å². The number of anilines is 1. The summed E-state index contributed by atoms with van der Waals surface area (Å²) >= 11 is 0. The zero-order valence-electron chi connectivity index (χ0n) is 16.1. The van der Waals surface area contributed by atoms with Gasteiger partial charge in [0.1, 0.15) is 12.2 Å². The predicted molar refractivity (Wildman–Crippen MR) is 106 cm³/mol. The van der Waals surface area contributed by atoms with E-state index in [1.165, 1.54) is 0 Å². The van der Waals surface area contributed by atoms with E-state index in [1.54, 1.807) is 7.11 Å². The monoisotopic (exact) mass is 366 g/mol. The van der Waals surface area contributed by atoms with Crippen LogP contribution in [0.2, 0.25) is 0 Å². The lowest BCUT2D eigenvalue weighted by Crippen LogP contribution is -2.33. The molecule has 0 radical (unpaired) electrons. The molecule has 1 heterocycles. The van der Waals surface area contributed by atoms with E-state index in [2.05, 4.69) is 5.32 Å². The summed E-state index contributed by atoms with van der Waals surface area (Å²) in [7, 11) is 1.63. The molecule has 3 rings (SSSR count). The first-order chi connectivity index (χ1) is 13.0. The zero-order valence-corrected chi connectivity index (χ0v) is 16.1. The van der Waals surface area contributed by atoms with Crippen LogP contribution in [0.25, 0.3) is 0 Å². The average molecular weight is 366 g/mol. The number of aryl methyl sites for hydroxylation is 1. The summed E-state index contributed by atoms with van der Waals surface area (Å²) in [5, 5.41) is 2.87. The molecule has 0 saturated carbocycles. The summed E-state index contributed by atoms with van der Waals surface area (Å²) < 4.78 is 5.29. The molecule has 0 bridgehead atoms. The Morgan fingerprint density at radius 1 is 1.19 bits per heavy atom. The molecule has 1 N–H and O–H groups in total. The molecule has 27 heavy (non-hydrogen) atoms. The van der Waals surface area contributed by atoms with Crippen LogP contribution in [0.5, 0.6) is 5.75 Å². The van der Waals surface area contributed by atoms with E-state index in [0.29, 0.717) is 6.54 Å². The van der Waals surface area contributed by atoms with Gasteiger partial charge in [-0.2, -0.15) is 0 Å². The number of hydrogen-bond acceptors (Lipinski definition) is 3. The lowest BCUT2D eigenvalue weighted by molar-refractivity contribution is -0.135. The highest BCUT2D eigenvalue weighted by Gasteiger charge is 2.31. The smallest absolute Gasteiger partial charge is 0.233 e. The molecule has 1 saturated heterocycles. The number of carbonyl (C=O) groups excluding carboxylic acids is 2. The summed E-state index contributed by atoms with van der Waals surface area (Å²) in [5.74, 6) is 0.368. The molecule has 5 heteroatoms. The fraction of sp³-hybridized carbons (Fsp3) is 0.364. The molecule has 1 unspecified atom stereocenters. The normalized spacial score (nSPS) is 16.3. The summed E-state index contributed by atoms with van der Waals surface area (Å²) in [4.78, 5) is 27.0. The highest BCUT2D eigenvalue weighted by molar-refractivity contribution is 6.04. The van der Waals surface area contributed by atoms with Gasteiger partial charge in [0.05, 0.1) is 13.2 Å². The maximum atomic E-state index is 12.8. The number of nitrogens with one attached hydrogen (secondary N) is 1. The lowest BCUT2D eigenvalue weighted by Gasteiger charge is -2.25. The number of nitrogens with zero attached hydrogens (tertiary/aromatic N) is 1. The highest BCUT2D eigenvalue weighted by Crippen LogP contribution is 2.34.